The minimum atomic E-state index is -0.376. The summed E-state index contributed by atoms with van der Waals surface area (Å²) in [5.74, 6) is -0.205. The molecule has 13 heavy (non-hydrogen) atoms. The highest BCUT2D eigenvalue weighted by atomic mass is 79.9. The first-order valence-corrected chi connectivity index (χ1v) is 5.01. The van der Waals surface area contributed by atoms with E-state index in [0.717, 1.165) is 4.47 Å². The Balaban J connectivity index is 2.70. The summed E-state index contributed by atoms with van der Waals surface area (Å²) in [6, 6.07) is 4.85. The van der Waals surface area contributed by atoms with Crippen molar-refractivity contribution in [2.24, 2.45) is 0 Å². The standard InChI is InChI=1S/C10H12BrFO/c1-7(13)2-3-8-6-9(11)4-5-10(8)12/h4-7,13H,2-3H2,1H3/t7-/m0/s1. The van der Waals surface area contributed by atoms with Gasteiger partial charge in [-0.3, -0.25) is 0 Å². The van der Waals surface area contributed by atoms with Gasteiger partial charge in [0.1, 0.15) is 5.82 Å². The SMILES string of the molecule is C[C@H](O)CCc1cc(Br)ccc1F. The van der Waals surface area contributed by atoms with E-state index in [1.165, 1.54) is 6.07 Å². The van der Waals surface area contributed by atoms with E-state index >= 15 is 0 Å². The van der Waals surface area contributed by atoms with Crippen molar-refractivity contribution in [2.75, 3.05) is 0 Å². The van der Waals surface area contributed by atoms with Crippen molar-refractivity contribution in [3.63, 3.8) is 0 Å². The van der Waals surface area contributed by atoms with E-state index in [1.54, 1.807) is 19.1 Å². The van der Waals surface area contributed by atoms with Gasteiger partial charge in [-0.15, -0.1) is 0 Å². The second kappa shape index (κ2) is 4.72. The molecule has 0 aliphatic rings. The van der Waals surface area contributed by atoms with E-state index in [2.05, 4.69) is 15.9 Å². The van der Waals surface area contributed by atoms with Crippen molar-refractivity contribution in [1.82, 2.24) is 0 Å². The van der Waals surface area contributed by atoms with Crippen LogP contribution < -0.4 is 0 Å². The second-order valence-electron chi connectivity index (χ2n) is 3.12. The normalized spacial score (nSPS) is 12.9. The maximum Gasteiger partial charge on any atom is 0.126 e. The lowest BCUT2D eigenvalue weighted by Gasteiger charge is -2.05. The molecule has 0 radical (unpaired) electrons. The van der Waals surface area contributed by atoms with E-state index in [0.29, 0.717) is 18.4 Å². The average molecular weight is 247 g/mol. The Kier molecular flexibility index (Phi) is 3.88. The molecule has 1 atom stereocenters. The highest BCUT2D eigenvalue weighted by Gasteiger charge is 2.04. The second-order valence-corrected chi connectivity index (χ2v) is 4.04. The summed E-state index contributed by atoms with van der Waals surface area (Å²) in [4.78, 5) is 0. The van der Waals surface area contributed by atoms with Gasteiger partial charge < -0.3 is 5.11 Å². The Morgan fingerprint density at radius 2 is 2.23 bits per heavy atom. The zero-order chi connectivity index (χ0) is 9.84. The van der Waals surface area contributed by atoms with Gasteiger partial charge in [0.2, 0.25) is 0 Å². The first kappa shape index (κ1) is 10.7. The van der Waals surface area contributed by atoms with Crippen molar-refractivity contribution in [3.8, 4) is 0 Å². The number of aliphatic hydroxyl groups excluding tert-OH is 1. The smallest absolute Gasteiger partial charge is 0.126 e. The average Bonchev–Trinajstić information content (AvgIpc) is 2.06. The highest BCUT2D eigenvalue weighted by Crippen LogP contribution is 2.17. The topological polar surface area (TPSA) is 20.2 Å². The largest absolute Gasteiger partial charge is 0.393 e. The van der Waals surface area contributed by atoms with Gasteiger partial charge in [0.15, 0.2) is 0 Å². The predicted octanol–water partition coefficient (Wildman–Crippen LogP) is 2.90. The molecule has 72 valence electrons. The molecule has 1 aromatic carbocycles. The molecule has 0 spiro atoms. The monoisotopic (exact) mass is 246 g/mol. The molecule has 1 aromatic rings. The van der Waals surface area contributed by atoms with Crippen LogP contribution >= 0.6 is 15.9 Å². The number of aryl methyl sites for hydroxylation is 1. The molecule has 1 N–H and O–H groups in total. The van der Waals surface area contributed by atoms with Crippen LogP contribution in [0, 0.1) is 5.82 Å². The van der Waals surface area contributed by atoms with Gasteiger partial charge in [-0.25, -0.2) is 4.39 Å². The lowest BCUT2D eigenvalue weighted by atomic mass is 10.1. The van der Waals surface area contributed by atoms with Crippen LogP contribution in [0.15, 0.2) is 22.7 Å². The molecule has 0 bridgehead atoms. The third-order valence-electron chi connectivity index (χ3n) is 1.84. The molecule has 0 fully saturated rings. The van der Waals surface area contributed by atoms with Crippen LogP contribution in [0.1, 0.15) is 18.9 Å². The molecule has 0 saturated carbocycles. The van der Waals surface area contributed by atoms with Crippen LogP contribution in [0.4, 0.5) is 4.39 Å². The summed E-state index contributed by atoms with van der Waals surface area (Å²) >= 11 is 3.27. The van der Waals surface area contributed by atoms with Gasteiger partial charge in [0.05, 0.1) is 6.10 Å². The zero-order valence-electron chi connectivity index (χ0n) is 7.43. The molecule has 0 unspecified atom stereocenters. The minimum Gasteiger partial charge on any atom is -0.393 e. The Hall–Kier alpha value is -0.410. The first-order valence-electron chi connectivity index (χ1n) is 4.21. The van der Waals surface area contributed by atoms with Crippen molar-refractivity contribution < 1.29 is 9.50 Å². The van der Waals surface area contributed by atoms with E-state index in [1.807, 2.05) is 0 Å². The van der Waals surface area contributed by atoms with Gasteiger partial charge in [0, 0.05) is 4.47 Å². The molecular formula is C10H12BrFO. The lowest BCUT2D eigenvalue weighted by molar-refractivity contribution is 0.184. The maximum absolute atomic E-state index is 13.1. The van der Waals surface area contributed by atoms with E-state index in [9.17, 15) is 4.39 Å². The van der Waals surface area contributed by atoms with Crippen molar-refractivity contribution in [1.29, 1.82) is 0 Å². The number of halogens is 2. The molecule has 0 saturated heterocycles. The summed E-state index contributed by atoms with van der Waals surface area (Å²) in [6.45, 7) is 1.70. The number of rotatable bonds is 3. The van der Waals surface area contributed by atoms with Crippen LogP contribution in [0.25, 0.3) is 0 Å². The van der Waals surface area contributed by atoms with Crippen LogP contribution in [-0.4, -0.2) is 11.2 Å². The van der Waals surface area contributed by atoms with Crippen molar-refractivity contribution >= 4 is 15.9 Å². The van der Waals surface area contributed by atoms with Crippen molar-refractivity contribution in [3.05, 3.63) is 34.1 Å². The number of benzene rings is 1. The fourth-order valence-electron chi connectivity index (χ4n) is 1.10. The van der Waals surface area contributed by atoms with Gasteiger partial charge in [-0.2, -0.15) is 0 Å². The summed E-state index contributed by atoms with van der Waals surface area (Å²) in [7, 11) is 0. The van der Waals surface area contributed by atoms with Crippen LogP contribution in [0.2, 0.25) is 0 Å². The van der Waals surface area contributed by atoms with Crippen LogP contribution in [0.3, 0.4) is 0 Å². The van der Waals surface area contributed by atoms with Crippen LogP contribution in [-0.2, 0) is 6.42 Å². The van der Waals surface area contributed by atoms with Crippen LogP contribution in [0.5, 0.6) is 0 Å². The van der Waals surface area contributed by atoms with Gasteiger partial charge in [-0.1, -0.05) is 15.9 Å². The Labute approximate surface area is 85.7 Å². The molecule has 0 aromatic heterocycles. The van der Waals surface area contributed by atoms with E-state index < -0.39 is 0 Å². The minimum absolute atomic E-state index is 0.205. The van der Waals surface area contributed by atoms with Crippen molar-refractivity contribution in [2.45, 2.75) is 25.9 Å². The molecular weight excluding hydrogens is 235 g/mol. The zero-order valence-corrected chi connectivity index (χ0v) is 9.01. The lowest BCUT2D eigenvalue weighted by Crippen LogP contribution is -2.02. The fourth-order valence-corrected chi connectivity index (χ4v) is 1.51. The molecule has 0 aliphatic heterocycles. The third kappa shape index (κ3) is 3.44. The molecule has 0 aliphatic carbocycles. The molecule has 3 heteroatoms. The number of hydrogen-bond acceptors (Lipinski definition) is 1. The number of hydrogen-bond donors (Lipinski definition) is 1. The third-order valence-corrected chi connectivity index (χ3v) is 2.33. The molecule has 0 amide bonds. The summed E-state index contributed by atoms with van der Waals surface area (Å²) in [5.41, 5.74) is 0.648. The van der Waals surface area contributed by atoms with Gasteiger partial charge in [0.25, 0.3) is 0 Å². The summed E-state index contributed by atoms with van der Waals surface area (Å²) in [5, 5.41) is 9.04. The summed E-state index contributed by atoms with van der Waals surface area (Å²) in [6.07, 6.45) is 0.787. The Morgan fingerprint density at radius 1 is 1.54 bits per heavy atom. The molecule has 0 heterocycles. The quantitative estimate of drug-likeness (QED) is 0.870. The van der Waals surface area contributed by atoms with E-state index in [4.69, 9.17) is 5.11 Å². The highest BCUT2D eigenvalue weighted by molar-refractivity contribution is 9.10. The number of aliphatic hydroxyl groups is 1. The first-order chi connectivity index (χ1) is 6.09. The summed E-state index contributed by atoms with van der Waals surface area (Å²) < 4.78 is 14.0. The van der Waals surface area contributed by atoms with Gasteiger partial charge in [-0.05, 0) is 43.5 Å². The molecule has 1 rings (SSSR count). The molecule has 1 nitrogen and oxygen atoms in total. The van der Waals surface area contributed by atoms with E-state index in [-0.39, 0.29) is 11.9 Å². The Bertz CT molecular complexity index is 286. The maximum atomic E-state index is 13.1. The fraction of sp³-hybridized carbons (Fsp3) is 0.400. The predicted molar refractivity (Wildman–Crippen MR) is 54.1 cm³/mol. The Morgan fingerprint density at radius 3 is 2.85 bits per heavy atom. The van der Waals surface area contributed by atoms with Gasteiger partial charge >= 0.3 is 0 Å².